The number of ether oxygens (including phenoxy) is 1. The Morgan fingerprint density at radius 2 is 1.71 bits per heavy atom. The molecule has 0 radical (unpaired) electrons. The number of methoxy groups -OCH3 is 1. The van der Waals surface area contributed by atoms with Crippen LogP contribution in [0.2, 0.25) is 0 Å². The number of nitrogens with zero attached hydrogens (tertiary/aromatic N) is 1. The fraction of sp³-hybridized carbons (Fsp3) is 0.542. The summed E-state index contributed by atoms with van der Waals surface area (Å²) in [6.45, 7) is 1.33. The summed E-state index contributed by atoms with van der Waals surface area (Å²) < 4.78 is 5.58. The second-order valence-electron chi connectivity index (χ2n) is 9.25. The number of carbonyl (C=O) groups excluding carboxylic acids is 1. The maximum Gasteiger partial charge on any atom is 0.229 e. The molecule has 1 aromatic heterocycles. The highest BCUT2D eigenvalue weighted by Crippen LogP contribution is 2.60. The minimum Gasteiger partial charge on any atom is -0.496 e. The molecule has 0 unspecified atom stereocenters. The molecule has 4 aliphatic carbocycles. The number of rotatable bonds is 6. The van der Waals surface area contributed by atoms with Crippen molar-refractivity contribution < 1.29 is 9.53 Å². The van der Waals surface area contributed by atoms with Crippen molar-refractivity contribution in [3.8, 4) is 5.75 Å². The van der Waals surface area contributed by atoms with Gasteiger partial charge in [0.1, 0.15) is 5.75 Å². The first-order chi connectivity index (χ1) is 13.6. The van der Waals surface area contributed by atoms with E-state index in [9.17, 15) is 4.79 Å². The van der Waals surface area contributed by atoms with Crippen LogP contribution in [0.5, 0.6) is 5.75 Å². The zero-order valence-corrected chi connectivity index (χ0v) is 17.4. The Kier molecular flexibility index (Phi) is 4.70. The molecule has 4 bridgehead atoms. The van der Waals surface area contributed by atoms with E-state index in [1.165, 1.54) is 24.1 Å². The van der Waals surface area contributed by atoms with Gasteiger partial charge in [0.05, 0.1) is 19.1 Å². The number of hydrogen-bond donors (Lipinski definition) is 0. The summed E-state index contributed by atoms with van der Waals surface area (Å²) in [6.07, 6.45) is 7.44. The summed E-state index contributed by atoms with van der Waals surface area (Å²) in [6, 6.07) is 12.3. The van der Waals surface area contributed by atoms with E-state index >= 15 is 0 Å². The molecule has 0 atom stereocenters. The van der Waals surface area contributed by atoms with Crippen LogP contribution >= 0.6 is 11.3 Å². The van der Waals surface area contributed by atoms with E-state index in [0.29, 0.717) is 19.0 Å². The Hall–Kier alpha value is -1.81. The Morgan fingerprint density at radius 3 is 2.32 bits per heavy atom. The Morgan fingerprint density at radius 1 is 1.04 bits per heavy atom. The summed E-state index contributed by atoms with van der Waals surface area (Å²) in [5, 5.41) is 2.10. The van der Waals surface area contributed by atoms with Gasteiger partial charge in [-0.3, -0.25) is 4.79 Å². The van der Waals surface area contributed by atoms with Crippen LogP contribution in [-0.4, -0.2) is 17.9 Å². The molecule has 4 heteroatoms. The molecule has 1 heterocycles. The fourth-order valence-corrected chi connectivity index (χ4v) is 7.26. The molecule has 0 N–H and O–H groups in total. The SMILES string of the molecule is COc1ccccc1CN(Cc1cccs1)C(=O)C12CC3CC(CC(C3)C1)C2. The normalized spacial score (nSPS) is 30.4. The molecule has 0 spiro atoms. The summed E-state index contributed by atoms with van der Waals surface area (Å²) in [5.74, 6) is 3.61. The standard InChI is InChI=1S/C24H29NO2S/c1-27-22-7-3-2-5-20(22)15-25(16-21-6-4-8-28-21)23(26)24-12-17-9-18(13-24)11-19(10-17)14-24/h2-8,17-19H,9-16H2,1H3. The molecular formula is C24H29NO2S. The van der Waals surface area contributed by atoms with Crippen LogP contribution in [0.25, 0.3) is 0 Å². The van der Waals surface area contributed by atoms with E-state index < -0.39 is 0 Å². The van der Waals surface area contributed by atoms with Crippen LogP contribution in [0.3, 0.4) is 0 Å². The van der Waals surface area contributed by atoms with Crippen LogP contribution < -0.4 is 4.74 Å². The molecule has 3 nitrogen and oxygen atoms in total. The number of amides is 1. The summed E-state index contributed by atoms with van der Waals surface area (Å²) in [4.78, 5) is 17.4. The number of benzene rings is 1. The highest BCUT2D eigenvalue weighted by atomic mass is 32.1. The van der Waals surface area contributed by atoms with Crippen LogP contribution in [0.15, 0.2) is 41.8 Å². The summed E-state index contributed by atoms with van der Waals surface area (Å²) in [5.41, 5.74) is 0.994. The van der Waals surface area contributed by atoms with Gasteiger partial charge in [-0.25, -0.2) is 0 Å². The van der Waals surface area contributed by atoms with Gasteiger partial charge >= 0.3 is 0 Å². The van der Waals surface area contributed by atoms with Gasteiger partial charge in [0.25, 0.3) is 0 Å². The first-order valence-corrected chi connectivity index (χ1v) is 11.5. The van der Waals surface area contributed by atoms with Crippen molar-refractivity contribution in [1.29, 1.82) is 0 Å². The first-order valence-electron chi connectivity index (χ1n) is 10.6. The smallest absolute Gasteiger partial charge is 0.229 e. The van der Waals surface area contributed by atoms with Crippen LogP contribution in [0, 0.1) is 23.2 Å². The Bertz CT molecular complexity index is 809. The number of para-hydroxylation sites is 1. The quantitative estimate of drug-likeness (QED) is 0.646. The maximum atomic E-state index is 14.0. The lowest BCUT2D eigenvalue weighted by Gasteiger charge is -2.56. The number of thiophene rings is 1. The average molecular weight is 396 g/mol. The Balaban J connectivity index is 1.45. The van der Waals surface area contributed by atoms with E-state index in [0.717, 1.165) is 48.3 Å². The molecule has 0 aliphatic heterocycles. The van der Waals surface area contributed by atoms with Crippen molar-refractivity contribution in [2.45, 2.75) is 51.6 Å². The molecule has 4 saturated carbocycles. The van der Waals surface area contributed by atoms with Gasteiger partial charge in [-0.15, -0.1) is 11.3 Å². The molecule has 1 aromatic carbocycles. The molecule has 4 fully saturated rings. The van der Waals surface area contributed by atoms with Gasteiger partial charge < -0.3 is 9.64 Å². The lowest BCUT2D eigenvalue weighted by Crippen LogP contribution is -2.54. The minimum absolute atomic E-state index is 0.103. The lowest BCUT2D eigenvalue weighted by atomic mass is 9.49. The van der Waals surface area contributed by atoms with Gasteiger partial charge in [-0.1, -0.05) is 24.3 Å². The highest BCUT2D eigenvalue weighted by Gasteiger charge is 2.55. The highest BCUT2D eigenvalue weighted by molar-refractivity contribution is 7.09. The topological polar surface area (TPSA) is 29.5 Å². The van der Waals surface area contributed by atoms with Crippen LogP contribution in [0.1, 0.15) is 49.0 Å². The van der Waals surface area contributed by atoms with Gasteiger partial charge in [-0.2, -0.15) is 0 Å². The van der Waals surface area contributed by atoms with Crippen molar-refractivity contribution in [3.05, 3.63) is 52.2 Å². The van der Waals surface area contributed by atoms with E-state index in [1.807, 2.05) is 18.2 Å². The molecule has 1 amide bonds. The van der Waals surface area contributed by atoms with Gasteiger partial charge in [0.15, 0.2) is 0 Å². The first kappa shape index (κ1) is 18.2. The predicted octanol–water partition coefficient (Wildman–Crippen LogP) is 5.50. The fourth-order valence-electron chi connectivity index (χ4n) is 6.54. The largest absolute Gasteiger partial charge is 0.496 e. The maximum absolute atomic E-state index is 14.0. The monoisotopic (exact) mass is 395 g/mol. The average Bonchev–Trinajstić information content (AvgIpc) is 3.19. The molecule has 2 aromatic rings. The van der Waals surface area contributed by atoms with E-state index in [1.54, 1.807) is 18.4 Å². The third-order valence-corrected chi connectivity index (χ3v) is 8.12. The zero-order chi connectivity index (χ0) is 19.1. The third kappa shape index (κ3) is 3.26. The molecule has 148 valence electrons. The second kappa shape index (κ2) is 7.22. The van der Waals surface area contributed by atoms with Crippen molar-refractivity contribution >= 4 is 17.2 Å². The molecule has 4 aliphatic rings. The number of hydrogen-bond acceptors (Lipinski definition) is 3. The summed E-state index contributed by atoms with van der Waals surface area (Å²) >= 11 is 1.74. The second-order valence-corrected chi connectivity index (χ2v) is 10.3. The van der Waals surface area contributed by atoms with Crippen molar-refractivity contribution in [3.63, 3.8) is 0 Å². The minimum atomic E-state index is -0.103. The third-order valence-electron chi connectivity index (χ3n) is 7.26. The zero-order valence-electron chi connectivity index (χ0n) is 16.6. The molecule has 0 saturated heterocycles. The van der Waals surface area contributed by atoms with E-state index in [4.69, 9.17) is 4.74 Å². The molecule has 6 rings (SSSR count). The van der Waals surface area contributed by atoms with Crippen molar-refractivity contribution in [2.24, 2.45) is 23.2 Å². The van der Waals surface area contributed by atoms with Gasteiger partial charge in [0, 0.05) is 17.0 Å². The Labute approximate surface area is 171 Å². The lowest BCUT2D eigenvalue weighted by molar-refractivity contribution is -0.159. The van der Waals surface area contributed by atoms with Crippen molar-refractivity contribution in [2.75, 3.05) is 7.11 Å². The van der Waals surface area contributed by atoms with Crippen LogP contribution in [0.4, 0.5) is 0 Å². The summed E-state index contributed by atoms with van der Waals surface area (Å²) in [7, 11) is 1.71. The van der Waals surface area contributed by atoms with E-state index in [-0.39, 0.29) is 5.41 Å². The van der Waals surface area contributed by atoms with Gasteiger partial charge in [0.2, 0.25) is 5.91 Å². The van der Waals surface area contributed by atoms with Crippen LogP contribution in [-0.2, 0) is 17.9 Å². The predicted molar refractivity (Wildman–Crippen MR) is 112 cm³/mol. The number of carbonyl (C=O) groups is 1. The molecule has 28 heavy (non-hydrogen) atoms. The van der Waals surface area contributed by atoms with Gasteiger partial charge in [-0.05, 0) is 73.8 Å². The van der Waals surface area contributed by atoms with E-state index in [2.05, 4.69) is 28.5 Å². The van der Waals surface area contributed by atoms with Crippen molar-refractivity contribution in [1.82, 2.24) is 4.90 Å². The molecular weight excluding hydrogens is 366 g/mol.